The van der Waals surface area contributed by atoms with E-state index in [1.54, 1.807) is 0 Å². The smallest absolute Gasteiger partial charge is 0.209 e. The number of hydrogen-bond acceptors (Lipinski definition) is 3. The summed E-state index contributed by atoms with van der Waals surface area (Å²) in [5.74, 6) is 0. The van der Waals surface area contributed by atoms with Gasteiger partial charge in [0.15, 0.2) is 12.4 Å². The maximum Gasteiger partial charge on any atom is 0.209 e. The Hall–Kier alpha value is -1.28. The van der Waals surface area contributed by atoms with Gasteiger partial charge in [0, 0.05) is 7.11 Å². The number of methoxy groups -OCH3 is 1. The van der Waals surface area contributed by atoms with Gasteiger partial charge in [0.25, 0.3) is 0 Å². The molecule has 3 nitrogen and oxygen atoms in total. The minimum absolute atomic E-state index is 0.129. The molecule has 1 atom stereocenters. The summed E-state index contributed by atoms with van der Waals surface area (Å²) in [6, 6.07) is 9.49. The number of nitrogens with zero attached hydrogens (tertiary/aromatic N) is 1. The average Bonchev–Trinajstić information content (AvgIpc) is 2.21. The van der Waals surface area contributed by atoms with Crippen molar-refractivity contribution >= 4 is 6.21 Å². The Kier molecular flexibility index (Phi) is 4.06. The highest BCUT2D eigenvalue weighted by atomic mass is 16.5. The van der Waals surface area contributed by atoms with Gasteiger partial charge < -0.3 is 9.84 Å². The number of rotatable bonds is 4. The molecular weight excluding hydrogens is 166 g/mol. The molecule has 0 aromatic heterocycles. The van der Waals surface area contributed by atoms with E-state index in [4.69, 9.17) is 9.84 Å². The van der Waals surface area contributed by atoms with Crippen LogP contribution in [0.25, 0.3) is 0 Å². The van der Waals surface area contributed by atoms with Crippen molar-refractivity contribution in [1.82, 2.24) is 0 Å². The third-order valence-electron chi connectivity index (χ3n) is 1.54. The van der Waals surface area contributed by atoms with Crippen LogP contribution in [0.15, 0.2) is 35.3 Å². The topological polar surface area (TPSA) is 41.8 Å². The van der Waals surface area contributed by atoms with Crippen molar-refractivity contribution in [3.63, 3.8) is 0 Å². The van der Waals surface area contributed by atoms with Gasteiger partial charge in [-0.25, -0.2) is 0 Å². The van der Waals surface area contributed by atoms with Crippen molar-refractivity contribution in [2.24, 2.45) is 4.99 Å². The van der Waals surface area contributed by atoms with Crippen LogP contribution < -0.4 is 0 Å². The molecule has 3 heteroatoms. The molecule has 0 aliphatic carbocycles. The molecule has 0 bridgehead atoms. The first kappa shape index (κ1) is 9.81. The van der Waals surface area contributed by atoms with Crippen LogP contribution in [0.1, 0.15) is 5.56 Å². The van der Waals surface area contributed by atoms with Gasteiger partial charge >= 0.3 is 0 Å². The quantitative estimate of drug-likeness (QED) is 0.551. The van der Waals surface area contributed by atoms with E-state index in [1.807, 2.05) is 30.3 Å². The summed E-state index contributed by atoms with van der Waals surface area (Å²) in [7, 11) is 1.50. The third kappa shape index (κ3) is 3.30. The molecule has 0 radical (unpaired) electrons. The summed E-state index contributed by atoms with van der Waals surface area (Å²) in [5.41, 5.74) is 0.873. The number of ether oxygens (including phenoxy) is 1. The van der Waals surface area contributed by atoms with Gasteiger partial charge in [-0.15, -0.1) is 4.99 Å². The molecule has 0 heterocycles. The molecule has 13 heavy (non-hydrogen) atoms. The van der Waals surface area contributed by atoms with E-state index in [9.17, 15) is 0 Å². The normalized spacial score (nSPS) is 12.8. The summed E-state index contributed by atoms with van der Waals surface area (Å²) < 4.78 is 4.84. The lowest BCUT2D eigenvalue weighted by Gasteiger charge is -2.00. The van der Waals surface area contributed by atoms with Crippen LogP contribution >= 0.6 is 0 Å². The first-order valence-electron chi connectivity index (χ1n) is 4.01. The first-order chi connectivity index (χ1) is 6.36. The predicted molar refractivity (Wildman–Crippen MR) is 50.9 cm³/mol. The lowest BCUT2D eigenvalue weighted by molar-refractivity contribution is 0.0560. The average molecular weight is 178 g/mol. The Bertz CT molecular complexity index is 255. The fourth-order valence-corrected chi connectivity index (χ4v) is 0.827. The molecule has 1 aromatic carbocycles. The Morgan fingerprint density at radius 2 is 2.15 bits per heavy atom. The van der Waals surface area contributed by atoms with E-state index in [2.05, 4.69) is 11.2 Å². The van der Waals surface area contributed by atoms with Gasteiger partial charge in [-0.05, 0) is 18.2 Å². The Balaban J connectivity index is 2.57. The van der Waals surface area contributed by atoms with Crippen LogP contribution in [-0.4, -0.2) is 31.3 Å². The Labute approximate surface area is 77.7 Å². The first-order valence-corrected chi connectivity index (χ1v) is 4.01. The van der Waals surface area contributed by atoms with E-state index in [1.165, 1.54) is 7.11 Å². The molecule has 1 rings (SSSR count). The monoisotopic (exact) mass is 178 g/mol. The van der Waals surface area contributed by atoms with Gasteiger partial charge in [-0.3, -0.25) is 0 Å². The highest BCUT2D eigenvalue weighted by Gasteiger charge is 2.04. The van der Waals surface area contributed by atoms with Crippen LogP contribution in [0.2, 0.25) is 0 Å². The molecule has 1 aromatic rings. The molecule has 0 amide bonds. The molecule has 0 spiro atoms. The molecule has 1 unspecified atom stereocenters. The highest BCUT2D eigenvalue weighted by molar-refractivity contribution is 5.79. The number of benzene rings is 1. The summed E-state index contributed by atoms with van der Waals surface area (Å²) in [6.45, 7) is -0.129. The van der Waals surface area contributed by atoms with Crippen molar-refractivity contribution in [2.75, 3.05) is 13.7 Å². The number of aliphatic hydroxyl groups is 1. The second-order valence-corrected chi connectivity index (χ2v) is 2.48. The molecule has 1 N–H and O–H groups in total. The van der Waals surface area contributed by atoms with E-state index < -0.39 is 6.23 Å². The van der Waals surface area contributed by atoms with Crippen LogP contribution in [0.5, 0.6) is 0 Å². The summed E-state index contributed by atoms with van der Waals surface area (Å²) >= 11 is 0. The van der Waals surface area contributed by atoms with Gasteiger partial charge in [-0.2, -0.15) is 0 Å². The third-order valence-corrected chi connectivity index (χ3v) is 1.54. The zero-order valence-corrected chi connectivity index (χ0v) is 7.47. The van der Waals surface area contributed by atoms with Gasteiger partial charge in [0.1, 0.15) is 0 Å². The van der Waals surface area contributed by atoms with E-state index in [0.29, 0.717) is 0 Å². The number of aliphatic imine (C=N–C) groups is 1. The number of aliphatic hydroxyl groups excluding tert-OH is 1. The second kappa shape index (κ2) is 5.38. The van der Waals surface area contributed by atoms with Crippen molar-refractivity contribution in [1.29, 1.82) is 0 Å². The minimum Gasteiger partial charge on any atom is -0.392 e. The molecule has 68 valence electrons. The largest absolute Gasteiger partial charge is 0.392 e. The van der Waals surface area contributed by atoms with Crippen molar-refractivity contribution in [2.45, 2.75) is 6.23 Å². The summed E-state index contributed by atoms with van der Waals surface area (Å²) in [6.07, 6.45) is 2.27. The fourth-order valence-electron chi connectivity index (χ4n) is 0.827. The zero-order valence-electron chi connectivity index (χ0n) is 7.47. The summed E-state index contributed by atoms with van der Waals surface area (Å²) in [4.78, 5) is 3.91. The van der Waals surface area contributed by atoms with Gasteiger partial charge in [-0.1, -0.05) is 0 Å². The van der Waals surface area contributed by atoms with Crippen LogP contribution in [-0.2, 0) is 4.74 Å². The molecule has 0 aliphatic rings. The lowest BCUT2D eigenvalue weighted by atomic mass is 10.2. The number of hydrogen-bond donors (Lipinski definition) is 1. The predicted octanol–water partition coefficient (Wildman–Crippen LogP) is 0.947. The molecule has 0 saturated heterocycles. The fraction of sp³-hybridized carbons (Fsp3) is 0.300. The molecular formula is C10H12NO2+. The lowest BCUT2D eigenvalue weighted by Crippen LogP contribution is -2.12. The van der Waals surface area contributed by atoms with E-state index >= 15 is 0 Å². The maximum absolute atomic E-state index is 8.75. The van der Waals surface area contributed by atoms with Crippen LogP contribution in [0.4, 0.5) is 0 Å². The van der Waals surface area contributed by atoms with E-state index in [-0.39, 0.29) is 6.61 Å². The molecule has 0 saturated carbocycles. The second-order valence-electron chi connectivity index (χ2n) is 2.48. The zero-order chi connectivity index (χ0) is 9.52. The standard InChI is InChI=1S/C10H12NO2/c1-13-10(8-12)11-7-9-5-3-2-4-6-9/h2-6,10,12H,8H2,1H3/q+1. The Morgan fingerprint density at radius 1 is 1.46 bits per heavy atom. The molecule has 0 aliphatic heterocycles. The minimum atomic E-state index is -0.514. The highest BCUT2D eigenvalue weighted by Crippen LogP contribution is 1.96. The van der Waals surface area contributed by atoms with Crippen LogP contribution in [0.3, 0.4) is 0 Å². The summed E-state index contributed by atoms with van der Waals surface area (Å²) in [5, 5.41) is 8.75. The van der Waals surface area contributed by atoms with Crippen molar-refractivity contribution in [3.05, 3.63) is 35.9 Å². The van der Waals surface area contributed by atoms with Crippen molar-refractivity contribution in [3.8, 4) is 0 Å². The van der Waals surface area contributed by atoms with E-state index in [0.717, 1.165) is 5.56 Å². The SMILES string of the molecule is COC(CO)N=[C+]c1ccccc1. The van der Waals surface area contributed by atoms with Crippen molar-refractivity contribution < 1.29 is 9.84 Å². The van der Waals surface area contributed by atoms with Gasteiger partial charge in [0.05, 0.1) is 18.7 Å². The van der Waals surface area contributed by atoms with Gasteiger partial charge in [0.2, 0.25) is 5.56 Å². The molecule has 0 fully saturated rings. The van der Waals surface area contributed by atoms with Crippen LogP contribution in [0, 0.1) is 0 Å². The maximum atomic E-state index is 8.75. The Morgan fingerprint density at radius 3 is 2.69 bits per heavy atom.